The van der Waals surface area contributed by atoms with E-state index in [0.717, 1.165) is 28.1 Å². The molecule has 0 N–H and O–H groups in total. The predicted molar refractivity (Wildman–Crippen MR) is 560 cm³/mol. The molecule has 1 aliphatic carbocycles. The van der Waals surface area contributed by atoms with Gasteiger partial charge >= 0.3 is 0 Å². The molecule has 0 saturated carbocycles. The third-order valence-corrected chi connectivity index (χ3v) is 26.2. The fraction of sp³-hybridized carbons (Fsp3) is 0.0403. The van der Waals surface area contributed by atoms with Crippen molar-refractivity contribution in [1.82, 2.24) is 14.1 Å². The Morgan fingerprint density at radius 3 is 1.14 bits per heavy atom. The van der Waals surface area contributed by atoms with Gasteiger partial charge in [0, 0.05) is 45.0 Å². The van der Waals surface area contributed by atoms with Crippen LogP contribution in [-0.4, -0.2) is 34.1 Å². The van der Waals surface area contributed by atoms with Crippen LogP contribution in [0.15, 0.2) is 473 Å². The van der Waals surface area contributed by atoms with Crippen molar-refractivity contribution < 1.29 is 0 Å². The average molecular weight is 1680 g/mol. The number of aromatic nitrogens is 3. The molecule has 25 rings (SSSR count). The van der Waals surface area contributed by atoms with Gasteiger partial charge in [-0.25, -0.2) is 4.98 Å². The van der Waals surface area contributed by atoms with E-state index in [0.29, 0.717) is 18.0 Å². The van der Waals surface area contributed by atoms with Gasteiger partial charge in [0.05, 0.1) is 36.0 Å². The summed E-state index contributed by atoms with van der Waals surface area (Å²) in [5.41, 5.74) is 31.9. The van der Waals surface area contributed by atoms with Crippen molar-refractivity contribution >= 4 is 126 Å². The topological polar surface area (TPSA) is 26.0 Å². The summed E-state index contributed by atoms with van der Waals surface area (Å²) in [7, 11) is 7.17. The van der Waals surface area contributed by atoms with Crippen molar-refractivity contribution in [3.05, 3.63) is 490 Å². The molecule has 21 aromatic carbocycles. The molecule has 23 aromatic rings. The molecule has 3 atom stereocenters. The second kappa shape index (κ2) is 34.9. The Morgan fingerprint density at radius 2 is 0.631 bits per heavy atom. The van der Waals surface area contributed by atoms with Crippen LogP contribution in [0.5, 0.6) is 0 Å². The lowest BCUT2D eigenvalue weighted by atomic mass is 9.86. The van der Waals surface area contributed by atoms with Crippen LogP contribution in [-0.2, 0) is 0 Å². The Hall–Kier alpha value is -15.8. The van der Waals surface area contributed by atoms with Gasteiger partial charge in [-0.1, -0.05) is 394 Å². The van der Waals surface area contributed by atoms with E-state index in [4.69, 9.17) is 12.8 Å². The number of fused-ring (bicyclic) bond motifs is 15. The zero-order valence-electron chi connectivity index (χ0n) is 72.3. The SMILES string of the molecule is C1=CC2c3ccccc3N(c3ccc(-c4ccc(-n5c6ccccc6c6ccccc65)cc4)cc3)C2C=C1.Cc1cc(-c2cc3ccccc3c3ccccc23)ccc1-c1cccc(-c2ccc(-c3cc4ccccc4c4ccccc34)cc2C)c1.[B]CP.c1ccc(-c2c3ccccc3c(-c3ccc(-n4c(-c5ccccc5)nc5ccccc54)cc3)c3ccccc23)cc1. The molecule has 130 heavy (non-hydrogen) atoms. The summed E-state index contributed by atoms with van der Waals surface area (Å²) >= 11 is 0. The summed E-state index contributed by atoms with van der Waals surface area (Å²) < 4.78 is 4.63. The number of anilines is 2. The zero-order valence-corrected chi connectivity index (χ0v) is 73.5. The molecule has 2 aliphatic rings. The number of nitrogens with zero attached hydrogens (tertiary/aromatic N) is 4. The summed E-state index contributed by atoms with van der Waals surface area (Å²) in [4.78, 5) is 7.50. The van der Waals surface area contributed by atoms with Crippen LogP contribution in [0.1, 0.15) is 22.6 Å². The smallest absolute Gasteiger partial charge is 0.145 e. The molecule has 2 aromatic heterocycles. The Balaban J connectivity index is 0.000000113. The molecule has 0 amide bonds. The minimum atomic E-state index is 0.328. The number of hydrogen-bond donors (Lipinski definition) is 0. The molecule has 0 fully saturated rings. The Labute approximate surface area is 762 Å². The van der Waals surface area contributed by atoms with Gasteiger partial charge in [0.15, 0.2) is 0 Å². The minimum absolute atomic E-state index is 0.328. The van der Waals surface area contributed by atoms with E-state index in [1.165, 1.54) is 198 Å². The fourth-order valence-electron chi connectivity index (χ4n) is 20.4. The number of benzene rings is 21. The maximum Gasteiger partial charge on any atom is 0.145 e. The summed E-state index contributed by atoms with van der Waals surface area (Å²) in [5, 5.41) is 18.0. The van der Waals surface area contributed by atoms with Gasteiger partial charge in [-0.05, 0) is 258 Å². The highest BCUT2D eigenvalue weighted by Crippen LogP contribution is 2.50. The second-order valence-electron chi connectivity index (χ2n) is 33.8. The number of hydrogen-bond acceptors (Lipinski definition) is 2. The van der Waals surface area contributed by atoms with Crippen LogP contribution in [0.3, 0.4) is 0 Å². The van der Waals surface area contributed by atoms with E-state index < -0.39 is 0 Å². The summed E-state index contributed by atoms with van der Waals surface area (Å²) in [5.74, 6) is 1.35. The first-order chi connectivity index (χ1) is 64.3. The highest BCUT2D eigenvalue weighted by Gasteiger charge is 2.37. The van der Waals surface area contributed by atoms with Gasteiger partial charge in [-0.15, -0.1) is 9.24 Å². The molecular formula is C124H90BN4P. The van der Waals surface area contributed by atoms with Gasteiger partial charge in [-0.2, -0.15) is 0 Å². The number of imidazole rings is 1. The quantitative estimate of drug-likeness (QED) is 0.0558. The van der Waals surface area contributed by atoms with E-state index in [1.807, 2.05) is 12.1 Å². The maximum absolute atomic E-state index is 5.02. The molecule has 1 aliphatic heterocycles. The van der Waals surface area contributed by atoms with Crippen molar-refractivity contribution in [2.75, 3.05) is 11.0 Å². The van der Waals surface area contributed by atoms with Crippen molar-refractivity contribution in [3.63, 3.8) is 0 Å². The van der Waals surface area contributed by atoms with Crippen molar-refractivity contribution in [1.29, 1.82) is 0 Å². The maximum atomic E-state index is 5.02. The Morgan fingerprint density at radius 1 is 0.269 bits per heavy atom. The Bertz CT molecular complexity index is 8020. The molecule has 3 heterocycles. The van der Waals surface area contributed by atoms with Crippen LogP contribution in [0.2, 0.25) is 0 Å². The molecule has 3 unspecified atom stereocenters. The monoisotopic (exact) mass is 1680 g/mol. The van der Waals surface area contributed by atoms with Crippen LogP contribution < -0.4 is 4.90 Å². The third-order valence-electron chi connectivity index (χ3n) is 26.2. The fourth-order valence-corrected chi connectivity index (χ4v) is 20.4. The largest absolute Gasteiger partial charge is 0.333 e. The minimum Gasteiger partial charge on any atom is -0.333 e. The van der Waals surface area contributed by atoms with Gasteiger partial charge < -0.3 is 9.47 Å². The summed E-state index contributed by atoms with van der Waals surface area (Å²) in [6.45, 7) is 4.48. The molecule has 2 radical (unpaired) electrons. The number of aryl methyl sites for hydroxylation is 2. The molecule has 4 nitrogen and oxygen atoms in total. The van der Waals surface area contributed by atoms with Crippen molar-refractivity contribution in [2.45, 2.75) is 25.8 Å². The lowest BCUT2D eigenvalue weighted by Crippen LogP contribution is -2.28. The van der Waals surface area contributed by atoms with Crippen molar-refractivity contribution in [3.8, 4) is 101 Å². The molecular weight excluding hydrogens is 1590 g/mol. The first kappa shape index (κ1) is 80.1. The van der Waals surface area contributed by atoms with E-state index in [-0.39, 0.29) is 0 Å². The highest BCUT2D eigenvalue weighted by molar-refractivity contribution is 7.19. The Kier molecular flexibility index (Phi) is 21.5. The second-order valence-corrected chi connectivity index (χ2v) is 34.3. The van der Waals surface area contributed by atoms with Gasteiger partial charge in [-0.3, -0.25) is 4.57 Å². The lowest BCUT2D eigenvalue weighted by Gasteiger charge is -2.28. The normalized spacial score (nSPS) is 13.2. The standard InChI is InChI=1S/C48H34.C39H26N2.C36H26N2.CH4BP/c1-31-26-37(47-29-35-12-3-5-16-41(35)43-18-7-9-20-45(43)47)22-24-39(31)33-14-11-15-34(28-33)40-25-23-38(27-32(40)2)48-30-36-13-4-6-17-42(36)44-19-8-10-21-46(44)48;1-3-13-27(14-4-1)37-31-17-7-9-19-33(31)38(34-20-10-8-18-32(34)37)28-23-25-30(26-24-28)41-36-22-12-11-21-35(36)40-39(41)29-15-5-2-6-16-29;1-5-13-33-29(9-1)30-10-2-6-14-34(30)37(33)27-21-17-25(18-22-27)26-19-23-28(24-20-26)38-35-15-7-3-11-31(35)32-12-4-8-16-36(32)38;2-1-3/h3-30H,1-2H3;1-26H;1-24,29,33H;1,3H2. The molecule has 0 bridgehead atoms. The van der Waals surface area contributed by atoms with E-state index >= 15 is 0 Å². The van der Waals surface area contributed by atoms with Crippen LogP contribution in [0.25, 0.3) is 198 Å². The molecule has 0 spiro atoms. The number of para-hydroxylation sites is 5. The summed E-state index contributed by atoms with van der Waals surface area (Å²) in [6, 6.07) is 164. The number of rotatable bonds is 11. The third kappa shape index (κ3) is 14.7. The highest BCUT2D eigenvalue weighted by atomic mass is 31.0. The number of allylic oxidation sites excluding steroid dienone is 2. The molecule has 614 valence electrons. The van der Waals surface area contributed by atoms with Crippen LogP contribution >= 0.6 is 9.24 Å². The van der Waals surface area contributed by atoms with E-state index in [9.17, 15) is 0 Å². The average Bonchev–Trinajstić information content (AvgIpc) is 1.17. The predicted octanol–water partition coefficient (Wildman–Crippen LogP) is 33.1. The van der Waals surface area contributed by atoms with Gasteiger partial charge in [0.2, 0.25) is 0 Å². The summed E-state index contributed by atoms with van der Waals surface area (Å²) in [6.07, 6.45) is 9.00. The van der Waals surface area contributed by atoms with E-state index in [2.05, 4.69) is 498 Å². The zero-order chi connectivity index (χ0) is 87.1. The van der Waals surface area contributed by atoms with Gasteiger partial charge in [0.25, 0.3) is 0 Å². The first-order valence-corrected chi connectivity index (χ1v) is 45.7. The first-order valence-electron chi connectivity index (χ1n) is 44.9. The lowest BCUT2D eigenvalue weighted by molar-refractivity contribution is 0.745. The molecule has 6 heteroatoms. The molecule has 0 saturated heterocycles. The van der Waals surface area contributed by atoms with Crippen LogP contribution in [0, 0.1) is 13.8 Å². The van der Waals surface area contributed by atoms with Crippen LogP contribution in [0.4, 0.5) is 11.4 Å². The van der Waals surface area contributed by atoms with E-state index in [1.54, 1.807) is 0 Å². The van der Waals surface area contributed by atoms with Gasteiger partial charge in [0.1, 0.15) is 5.82 Å². The van der Waals surface area contributed by atoms with Crippen molar-refractivity contribution in [2.24, 2.45) is 0 Å².